The minimum atomic E-state index is -0.613. The quantitative estimate of drug-likeness (QED) is 0.308. The Labute approximate surface area is 183 Å². The van der Waals surface area contributed by atoms with Crippen LogP contribution in [0.15, 0.2) is 17.8 Å². The van der Waals surface area contributed by atoms with Crippen molar-refractivity contribution in [2.75, 3.05) is 28.6 Å². The number of amidine groups is 1. The van der Waals surface area contributed by atoms with Crippen molar-refractivity contribution < 1.29 is 10.2 Å². The topological polar surface area (TPSA) is 143 Å². The van der Waals surface area contributed by atoms with Gasteiger partial charge >= 0.3 is 0 Å². The Morgan fingerprint density at radius 2 is 2.06 bits per heavy atom. The van der Waals surface area contributed by atoms with E-state index in [4.69, 9.17) is 16.1 Å². The molecule has 0 spiro atoms. The van der Waals surface area contributed by atoms with Crippen LogP contribution in [0.2, 0.25) is 0 Å². The summed E-state index contributed by atoms with van der Waals surface area (Å²) in [6, 6.07) is 1.97. The Balaban J connectivity index is 1.57. The van der Waals surface area contributed by atoms with Gasteiger partial charge in [-0.25, -0.2) is 0 Å². The van der Waals surface area contributed by atoms with Gasteiger partial charge in [0.15, 0.2) is 0 Å². The van der Waals surface area contributed by atoms with E-state index in [0.717, 1.165) is 25.7 Å². The van der Waals surface area contributed by atoms with Gasteiger partial charge in [0.1, 0.15) is 17.5 Å². The number of β-amino-alcohol motifs (C(OH)–C–C–N with tert-alkyl or cyclic N) is 1. The van der Waals surface area contributed by atoms with Gasteiger partial charge in [-0.15, -0.1) is 0 Å². The van der Waals surface area contributed by atoms with Crippen LogP contribution in [-0.4, -0.2) is 56.9 Å². The monoisotopic (exact) mass is 429 g/mol. The van der Waals surface area contributed by atoms with E-state index in [1.54, 1.807) is 13.0 Å². The molecular weight excluding hydrogens is 394 g/mol. The van der Waals surface area contributed by atoms with Gasteiger partial charge in [0.05, 0.1) is 11.7 Å². The number of nitrogens with two attached hydrogens (primary N) is 1. The predicted octanol–water partition coefficient (Wildman–Crippen LogP) is 1.90. The van der Waals surface area contributed by atoms with E-state index in [1.807, 2.05) is 11.8 Å². The minimum absolute atomic E-state index is 0.149. The van der Waals surface area contributed by atoms with Gasteiger partial charge in [-0.3, -0.25) is 5.41 Å². The number of nitrogens with zero attached hydrogens (tertiary/aromatic N) is 3. The first kappa shape index (κ1) is 21.8. The summed E-state index contributed by atoms with van der Waals surface area (Å²) in [7, 11) is 0. The molecule has 1 aliphatic heterocycles. The van der Waals surface area contributed by atoms with Crippen molar-refractivity contribution in [2.45, 2.75) is 64.2 Å². The summed E-state index contributed by atoms with van der Waals surface area (Å²) < 4.78 is 0. The average molecular weight is 430 g/mol. The number of nitrogens with one attached hydrogen (secondary N) is 3. The molecule has 31 heavy (non-hydrogen) atoms. The van der Waals surface area contributed by atoms with Crippen molar-refractivity contribution in [1.29, 1.82) is 5.41 Å². The van der Waals surface area contributed by atoms with Gasteiger partial charge in [0, 0.05) is 30.9 Å². The minimum Gasteiger partial charge on any atom is -0.402 e. The fourth-order valence-corrected chi connectivity index (χ4v) is 5.63. The Bertz CT molecular complexity index is 859. The lowest BCUT2D eigenvalue weighted by Crippen LogP contribution is -2.51. The normalized spacial score (nSPS) is 33.6. The highest BCUT2D eigenvalue weighted by Crippen LogP contribution is 2.47. The number of aliphatic hydroxyl groups is 2. The highest BCUT2D eigenvalue weighted by Gasteiger charge is 2.45. The maximum Gasteiger partial charge on any atom is 0.226 e. The van der Waals surface area contributed by atoms with E-state index in [0.29, 0.717) is 54.1 Å². The van der Waals surface area contributed by atoms with Gasteiger partial charge in [-0.2, -0.15) is 9.97 Å². The summed E-state index contributed by atoms with van der Waals surface area (Å²) in [6.45, 7) is 7.00. The number of hydrogen-bond donors (Lipinski definition) is 6. The SMILES string of the molecule is C/C(N)=C/C(=N)Nc1cc(N2CC(O)C2)nc(NC2C(C)CC3CC2CC(C)(O)C3)n1. The van der Waals surface area contributed by atoms with Crippen molar-refractivity contribution in [3.8, 4) is 0 Å². The fraction of sp³-hybridized carbons (Fsp3) is 0.682. The third-order valence-electron chi connectivity index (χ3n) is 6.72. The second kappa shape index (κ2) is 8.27. The number of rotatable bonds is 5. The Morgan fingerprint density at radius 1 is 1.32 bits per heavy atom. The van der Waals surface area contributed by atoms with Gasteiger partial charge in [-0.1, -0.05) is 6.92 Å². The standard InChI is InChI=1S/C22H35N7O2/c1-12-4-14-6-15(9-22(3,31)8-14)20(12)28-21-26-18(25-17(24)5-13(2)23)7-19(27-21)29-10-16(30)11-29/h5,7,12,14-16,20,30-31H,4,6,8-11,23H2,1-3H3,(H3,24,25,26,27,28)/b13-5-. The zero-order valence-corrected chi connectivity index (χ0v) is 18.6. The molecule has 0 aromatic carbocycles. The second-order valence-corrected chi connectivity index (χ2v) is 10.1. The van der Waals surface area contributed by atoms with Crippen LogP contribution in [0.4, 0.5) is 17.6 Å². The molecule has 9 heteroatoms. The number of aliphatic hydroxyl groups excluding tert-OH is 1. The number of anilines is 3. The molecule has 3 fully saturated rings. The van der Waals surface area contributed by atoms with Crippen LogP contribution in [-0.2, 0) is 0 Å². The van der Waals surface area contributed by atoms with Crippen LogP contribution >= 0.6 is 0 Å². The van der Waals surface area contributed by atoms with Crippen LogP contribution in [0.1, 0.15) is 46.5 Å². The van der Waals surface area contributed by atoms with Crippen LogP contribution in [0.25, 0.3) is 0 Å². The summed E-state index contributed by atoms with van der Waals surface area (Å²) in [5, 5.41) is 35.0. The summed E-state index contributed by atoms with van der Waals surface area (Å²) in [4.78, 5) is 11.3. The zero-order chi connectivity index (χ0) is 22.3. The highest BCUT2D eigenvalue weighted by atomic mass is 16.3. The Morgan fingerprint density at radius 3 is 2.74 bits per heavy atom. The van der Waals surface area contributed by atoms with Gasteiger partial charge in [0.25, 0.3) is 0 Å². The first-order valence-electron chi connectivity index (χ1n) is 11.2. The molecule has 0 radical (unpaired) electrons. The number of aromatic nitrogens is 2. The molecule has 1 aromatic heterocycles. The number of allylic oxidation sites excluding steroid dienone is 1. The third-order valence-corrected chi connectivity index (χ3v) is 6.72. The number of hydrogen-bond acceptors (Lipinski definition) is 8. The van der Waals surface area contributed by atoms with E-state index < -0.39 is 5.60 Å². The first-order chi connectivity index (χ1) is 14.6. The molecule has 170 valence electrons. The lowest BCUT2D eigenvalue weighted by atomic mass is 9.61. The van der Waals surface area contributed by atoms with Crippen LogP contribution in [0, 0.1) is 23.2 Å². The van der Waals surface area contributed by atoms with Crippen molar-refractivity contribution in [3.63, 3.8) is 0 Å². The first-order valence-corrected chi connectivity index (χ1v) is 11.2. The van der Waals surface area contributed by atoms with Crippen molar-refractivity contribution in [3.05, 3.63) is 17.8 Å². The van der Waals surface area contributed by atoms with Crippen LogP contribution in [0.5, 0.6) is 0 Å². The Hall–Kier alpha value is -2.39. The van der Waals surface area contributed by atoms with E-state index in [-0.39, 0.29) is 18.0 Å². The summed E-state index contributed by atoms with van der Waals surface area (Å²) in [6.07, 6.45) is 5.05. The molecule has 5 unspecified atom stereocenters. The lowest BCUT2D eigenvalue weighted by molar-refractivity contribution is -0.0502. The molecule has 1 saturated heterocycles. The van der Waals surface area contributed by atoms with Gasteiger partial charge < -0.3 is 31.5 Å². The third kappa shape index (κ3) is 5.10. The summed E-state index contributed by atoms with van der Waals surface area (Å²) in [5.74, 6) is 3.26. The largest absolute Gasteiger partial charge is 0.402 e. The molecule has 3 aliphatic rings. The van der Waals surface area contributed by atoms with Crippen LogP contribution < -0.4 is 21.3 Å². The molecule has 7 N–H and O–H groups in total. The lowest BCUT2D eigenvalue weighted by Gasteiger charge is -2.49. The smallest absolute Gasteiger partial charge is 0.226 e. The molecule has 4 rings (SSSR count). The van der Waals surface area contributed by atoms with E-state index >= 15 is 0 Å². The average Bonchev–Trinajstić information content (AvgIpc) is 2.60. The number of fused-ring (bicyclic) bond motifs is 2. The molecular formula is C22H35N7O2. The van der Waals surface area contributed by atoms with E-state index in [2.05, 4.69) is 22.5 Å². The maximum absolute atomic E-state index is 10.7. The molecule has 1 aromatic rings. The Kier molecular flexibility index (Phi) is 5.83. The molecule has 0 amide bonds. The molecule has 2 heterocycles. The van der Waals surface area contributed by atoms with Crippen molar-refractivity contribution >= 4 is 23.4 Å². The highest BCUT2D eigenvalue weighted by molar-refractivity contribution is 6.01. The van der Waals surface area contributed by atoms with Gasteiger partial charge in [-0.05, 0) is 63.4 Å². The summed E-state index contributed by atoms with van der Waals surface area (Å²) >= 11 is 0. The molecule has 2 bridgehead atoms. The summed E-state index contributed by atoms with van der Waals surface area (Å²) in [5.41, 5.74) is 5.61. The van der Waals surface area contributed by atoms with E-state index in [9.17, 15) is 10.2 Å². The molecule has 2 aliphatic carbocycles. The fourth-order valence-electron chi connectivity index (χ4n) is 5.63. The van der Waals surface area contributed by atoms with Crippen molar-refractivity contribution in [2.24, 2.45) is 23.5 Å². The predicted molar refractivity (Wildman–Crippen MR) is 122 cm³/mol. The zero-order valence-electron chi connectivity index (χ0n) is 18.6. The maximum atomic E-state index is 10.7. The second-order valence-electron chi connectivity index (χ2n) is 10.1. The molecule has 9 nitrogen and oxygen atoms in total. The van der Waals surface area contributed by atoms with Crippen molar-refractivity contribution in [1.82, 2.24) is 9.97 Å². The van der Waals surface area contributed by atoms with Gasteiger partial charge in [0.2, 0.25) is 5.95 Å². The molecule has 2 saturated carbocycles. The molecule has 5 atom stereocenters. The van der Waals surface area contributed by atoms with E-state index in [1.165, 1.54) is 6.08 Å². The van der Waals surface area contributed by atoms with Crippen LogP contribution in [0.3, 0.4) is 0 Å².